The molecule has 2 aromatic heterocycles. The summed E-state index contributed by atoms with van der Waals surface area (Å²) >= 11 is 1.44. The minimum absolute atomic E-state index is 0.119. The van der Waals surface area contributed by atoms with Crippen LogP contribution in [0.25, 0.3) is 21.3 Å². The average molecular weight is 421 g/mol. The third-order valence-electron chi connectivity index (χ3n) is 5.11. The number of benzene rings is 2. The molecule has 0 aliphatic rings. The minimum Gasteiger partial charge on any atom is -0.292 e. The first-order valence-corrected chi connectivity index (χ1v) is 10.7. The number of fused-ring (bicyclic) bond motifs is 1. The van der Waals surface area contributed by atoms with Crippen LogP contribution in [0, 0.1) is 12.7 Å². The smallest absolute Gasteiger partial charge is 0.263 e. The molecule has 0 fully saturated rings. The molecule has 0 aliphatic heterocycles. The second-order valence-corrected chi connectivity index (χ2v) is 8.11. The first-order valence-electron chi connectivity index (χ1n) is 9.85. The van der Waals surface area contributed by atoms with Crippen LogP contribution in [0.15, 0.2) is 58.7 Å². The zero-order valence-corrected chi connectivity index (χ0v) is 17.6. The molecule has 0 saturated heterocycles. The van der Waals surface area contributed by atoms with Gasteiger partial charge in [-0.2, -0.15) is 0 Å². The van der Waals surface area contributed by atoms with Crippen molar-refractivity contribution in [1.82, 2.24) is 9.55 Å². The molecule has 4 nitrogen and oxygen atoms in total. The van der Waals surface area contributed by atoms with Crippen molar-refractivity contribution >= 4 is 27.3 Å². The SMILES string of the molecule is CCCc1nc2scc(-c3ccccc3)c2c(=O)n1CC(=O)c1ccc(F)c(C)c1. The van der Waals surface area contributed by atoms with Crippen LogP contribution in [0.4, 0.5) is 4.39 Å². The van der Waals surface area contributed by atoms with Crippen molar-refractivity contribution in [2.75, 3.05) is 0 Å². The Morgan fingerprint density at radius 3 is 2.63 bits per heavy atom. The van der Waals surface area contributed by atoms with Gasteiger partial charge in [0.05, 0.1) is 11.9 Å². The number of rotatable bonds is 6. The maximum atomic E-state index is 13.6. The molecule has 2 aromatic carbocycles. The van der Waals surface area contributed by atoms with E-state index >= 15 is 0 Å². The molecule has 152 valence electrons. The van der Waals surface area contributed by atoms with Gasteiger partial charge in [-0.15, -0.1) is 11.3 Å². The zero-order valence-electron chi connectivity index (χ0n) is 16.8. The number of hydrogen-bond donors (Lipinski definition) is 0. The predicted octanol–water partition coefficient (Wildman–Crippen LogP) is 5.41. The molecule has 0 aliphatic carbocycles. The Hall–Kier alpha value is -3.12. The summed E-state index contributed by atoms with van der Waals surface area (Å²) in [6.07, 6.45) is 1.40. The van der Waals surface area contributed by atoms with Gasteiger partial charge in [0.25, 0.3) is 5.56 Å². The fourth-order valence-corrected chi connectivity index (χ4v) is 4.48. The van der Waals surface area contributed by atoms with Gasteiger partial charge >= 0.3 is 0 Å². The first-order chi connectivity index (χ1) is 14.5. The quantitative estimate of drug-likeness (QED) is 0.392. The summed E-state index contributed by atoms with van der Waals surface area (Å²) in [5.74, 6) is 0.00286. The summed E-state index contributed by atoms with van der Waals surface area (Å²) < 4.78 is 15.1. The summed E-state index contributed by atoms with van der Waals surface area (Å²) in [4.78, 5) is 31.8. The van der Waals surface area contributed by atoms with Gasteiger partial charge in [0.2, 0.25) is 0 Å². The van der Waals surface area contributed by atoms with Crippen LogP contribution in [0.2, 0.25) is 0 Å². The van der Waals surface area contributed by atoms with Gasteiger partial charge < -0.3 is 0 Å². The normalized spacial score (nSPS) is 11.2. The van der Waals surface area contributed by atoms with E-state index in [2.05, 4.69) is 0 Å². The third-order valence-corrected chi connectivity index (χ3v) is 5.99. The fraction of sp³-hybridized carbons (Fsp3) is 0.208. The Bertz CT molecular complexity index is 1290. The van der Waals surface area contributed by atoms with Gasteiger partial charge in [0.1, 0.15) is 16.5 Å². The van der Waals surface area contributed by atoms with Crippen molar-refractivity contribution in [3.05, 3.63) is 87.0 Å². The molecule has 4 aromatic rings. The van der Waals surface area contributed by atoms with E-state index in [9.17, 15) is 14.0 Å². The minimum atomic E-state index is -0.357. The number of aromatic nitrogens is 2. The number of halogens is 1. The molecule has 0 bridgehead atoms. The number of aryl methyl sites for hydroxylation is 2. The van der Waals surface area contributed by atoms with Crippen molar-refractivity contribution in [3.8, 4) is 11.1 Å². The lowest BCUT2D eigenvalue weighted by Crippen LogP contribution is -2.28. The molecule has 4 rings (SSSR count). The summed E-state index contributed by atoms with van der Waals surface area (Å²) in [6.45, 7) is 3.51. The Balaban J connectivity index is 1.83. The number of carbonyl (C=O) groups excluding carboxylic acids is 1. The van der Waals surface area contributed by atoms with Crippen molar-refractivity contribution in [2.45, 2.75) is 33.2 Å². The third kappa shape index (κ3) is 3.71. The number of ketones is 1. The van der Waals surface area contributed by atoms with Crippen LogP contribution in [-0.2, 0) is 13.0 Å². The number of thiophene rings is 1. The van der Waals surface area contributed by atoms with Crippen LogP contribution < -0.4 is 5.56 Å². The fourth-order valence-electron chi connectivity index (χ4n) is 3.53. The topological polar surface area (TPSA) is 52.0 Å². The standard InChI is InChI=1S/C24H21FN2O2S/c1-3-7-21-26-23-22(18(14-30-23)16-8-5-4-6-9-16)24(29)27(21)13-20(28)17-10-11-19(25)15(2)12-17/h4-6,8-12,14H,3,7,13H2,1-2H3. The monoisotopic (exact) mass is 420 g/mol. The Morgan fingerprint density at radius 1 is 1.17 bits per heavy atom. The number of Topliss-reactive ketones (excluding diaryl/α,β-unsaturated/α-hetero) is 1. The van der Waals surface area contributed by atoms with Crippen LogP contribution in [0.1, 0.15) is 35.1 Å². The van der Waals surface area contributed by atoms with E-state index in [-0.39, 0.29) is 23.7 Å². The Morgan fingerprint density at radius 2 is 1.93 bits per heavy atom. The van der Waals surface area contributed by atoms with E-state index in [1.165, 1.54) is 34.1 Å². The van der Waals surface area contributed by atoms with E-state index in [1.807, 2.05) is 42.6 Å². The molecule has 2 heterocycles. The highest BCUT2D eigenvalue weighted by atomic mass is 32.1. The van der Waals surface area contributed by atoms with E-state index in [0.29, 0.717) is 33.6 Å². The van der Waals surface area contributed by atoms with Crippen LogP contribution in [0.3, 0.4) is 0 Å². The van der Waals surface area contributed by atoms with Crippen molar-refractivity contribution in [2.24, 2.45) is 0 Å². The molecular formula is C24H21FN2O2S. The van der Waals surface area contributed by atoms with E-state index in [0.717, 1.165) is 17.5 Å². The lowest BCUT2D eigenvalue weighted by Gasteiger charge is -2.12. The Labute approximate surface area is 177 Å². The zero-order chi connectivity index (χ0) is 21.3. The summed E-state index contributed by atoms with van der Waals surface area (Å²) in [7, 11) is 0. The molecule has 0 spiro atoms. The van der Waals surface area contributed by atoms with Gasteiger partial charge in [-0.05, 0) is 42.7 Å². The van der Waals surface area contributed by atoms with Crippen LogP contribution in [0.5, 0.6) is 0 Å². The van der Waals surface area contributed by atoms with E-state index in [1.54, 1.807) is 6.92 Å². The second-order valence-electron chi connectivity index (χ2n) is 7.25. The maximum absolute atomic E-state index is 13.6. The maximum Gasteiger partial charge on any atom is 0.263 e. The largest absolute Gasteiger partial charge is 0.292 e. The lowest BCUT2D eigenvalue weighted by molar-refractivity contribution is 0.0969. The molecule has 0 radical (unpaired) electrons. The van der Waals surface area contributed by atoms with Crippen molar-refractivity contribution in [1.29, 1.82) is 0 Å². The molecule has 0 N–H and O–H groups in total. The van der Waals surface area contributed by atoms with Gasteiger partial charge in [-0.1, -0.05) is 37.3 Å². The van der Waals surface area contributed by atoms with Crippen molar-refractivity contribution < 1.29 is 9.18 Å². The van der Waals surface area contributed by atoms with Gasteiger partial charge in [0, 0.05) is 22.9 Å². The molecule has 30 heavy (non-hydrogen) atoms. The summed E-state index contributed by atoms with van der Waals surface area (Å²) in [5.41, 5.74) is 2.35. The first kappa shape index (κ1) is 20.2. The van der Waals surface area contributed by atoms with E-state index < -0.39 is 0 Å². The predicted molar refractivity (Wildman–Crippen MR) is 119 cm³/mol. The highest BCUT2D eigenvalue weighted by Gasteiger charge is 2.19. The Kier molecular flexibility index (Phi) is 5.59. The highest BCUT2D eigenvalue weighted by Crippen LogP contribution is 2.31. The lowest BCUT2D eigenvalue weighted by atomic mass is 10.1. The van der Waals surface area contributed by atoms with Gasteiger partial charge in [0.15, 0.2) is 5.78 Å². The van der Waals surface area contributed by atoms with Gasteiger partial charge in [-0.3, -0.25) is 14.2 Å². The number of carbonyl (C=O) groups is 1. The average Bonchev–Trinajstić information content (AvgIpc) is 3.17. The number of hydrogen-bond acceptors (Lipinski definition) is 4. The molecule has 0 atom stereocenters. The van der Waals surface area contributed by atoms with Crippen LogP contribution in [-0.4, -0.2) is 15.3 Å². The number of nitrogens with zero attached hydrogens (tertiary/aromatic N) is 2. The molecule has 0 amide bonds. The van der Waals surface area contributed by atoms with Gasteiger partial charge in [-0.25, -0.2) is 9.37 Å². The van der Waals surface area contributed by atoms with E-state index in [4.69, 9.17) is 4.98 Å². The summed E-state index contributed by atoms with van der Waals surface area (Å²) in [5, 5.41) is 2.48. The molecule has 6 heteroatoms. The van der Waals surface area contributed by atoms with Crippen molar-refractivity contribution in [3.63, 3.8) is 0 Å². The highest BCUT2D eigenvalue weighted by molar-refractivity contribution is 7.17. The molecule has 0 saturated carbocycles. The van der Waals surface area contributed by atoms with Crippen LogP contribution >= 0.6 is 11.3 Å². The summed E-state index contributed by atoms with van der Waals surface area (Å²) in [6, 6.07) is 14.0. The second kappa shape index (κ2) is 8.32. The molecule has 0 unspecified atom stereocenters. The molecular weight excluding hydrogens is 399 g/mol.